The van der Waals surface area contributed by atoms with Crippen LogP contribution >= 0.6 is 70.6 Å². The van der Waals surface area contributed by atoms with Crippen molar-refractivity contribution in [2.75, 3.05) is 18.1 Å². The molecule has 4 aliphatic heterocycles. The first kappa shape index (κ1) is 14.4. The lowest BCUT2D eigenvalue weighted by atomic mass is 10.4. The van der Waals surface area contributed by atoms with E-state index in [-0.39, 0.29) is 0 Å². The van der Waals surface area contributed by atoms with E-state index in [1.54, 1.807) is 0 Å². The lowest BCUT2D eigenvalue weighted by Gasteiger charge is -2.08. The SMILES string of the molecule is C[C@@H]1COC(C2=CSC(=C3SC4=C(SCCS4)S3)S2)=N1. The van der Waals surface area contributed by atoms with Crippen LogP contribution in [0.3, 0.4) is 0 Å². The number of rotatable bonds is 1. The zero-order chi connectivity index (χ0) is 13.5. The maximum atomic E-state index is 5.65. The molecule has 0 unspecified atom stereocenters. The molecule has 0 aromatic rings. The Hall–Kier alpha value is 0.790. The van der Waals surface area contributed by atoms with Gasteiger partial charge in [-0.3, -0.25) is 0 Å². The molecule has 0 bridgehead atoms. The molecule has 0 amide bonds. The number of ether oxygens (including phenoxy) is 1. The summed E-state index contributed by atoms with van der Waals surface area (Å²) in [7, 11) is 0. The van der Waals surface area contributed by atoms with Crippen LogP contribution in [-0.4, -0.2) is 30.1 Å². The summed E-state index contributed by atoms with van der Waals surface area (Å²) in [5, 5.41) is 2.18. The van der Waals surface area contributed by atoms with Crippen LogP contribution in [0.2, 0.25) is 0 Å². The average Bonchev–Trinajstić information content (AvgIpc) is 3.16. The maximum Gasteiger partial charge on any atom is 0.224 e. The van der Waals surface area contributed by atoms with E-state index < -0.39 is 0 Å². The second-order valence-electron chi connectivity index (χ2n) is 4.35. The van der Waals surface area contributed by atoms with Gasteiger partial charge in [0, 0.05) is 11.5 Å². The molecule has 0 fully saturated rings. The van der Waals surface area contributed by atoms with Gasteiger partial charge in [-0.2, -0.15) is 0 Å². The van der Waals surface area contributed by atoms with Gasteiger partial charge >= 0.3 is 0 Å². The molecule has 4 rings (SSSR count). The third-order valence-corrected chi connectivity index (χ3v) is 11.4. The van der Waals surface area contributed by atoms with Crippen molar-refractivity contribution in [3.63, 3.8) is 0 Å². The molecular weight excluding hydrogens is 367 g/mol. The molecule has 0 saturated carbocycles. The van der Waals surface area contributed by atoms with Crippen molar-refractivity contribution in [2.45, 2.75) is 13.0 Å². The summed E-state index contributed by atoms with van der Waals surface area (Å²) in [5.74, 6) is 3.32. The van der Waals surface area contributed by atoms with E-state index in [0.29, 0.717) is 6.04 Å². The normalized spacial score (nSPS) is 29.6. The molecule has 0 aromatic heterocycles. The molecule has 1 atom stereocenters. The Balaban J connectivity index is 1.48. The molecule has 0 spiro atoms. The van der Waals surface area contributed by atoms with Gasteiger partial charge < -0.3 is 4.74 Å². The van der Waals surface area contributed by atoms with Crippen LogP contribution in [0.15, 0.2) is 32.3 Å². The maximum absolute atomic E-state index is 5.65. The fourth-order valence-electron chi connectivity index (χ4n) is 1.85. The Morgan fingerprint density at radius 3 is 2.45 bits per heavy atom. The number of aliphatic imine (C=N–C) groups is 1. The molecule has 2 nitrogen and oxygen atoms in total. The summed E-state index contributed by atoms with van der Waals surface area (Å²) in [6.45, 7) is 2.81. The smallest absolute Gasteiger partial charge is 0.224 e. The lowest BCUT2D eigenvalue weighted by molar-refractivity contribution is 0.325. The first-order valence-corrected chi connectivity index (χ1v) is 11.4. The Morgan fingerprint density at radius 1 is 1.05 bits per heavy atom. The van der Waals surface area contributed by atoms with Gasteiger partial charge in [0.15, 0.2) is 0 Å². The number of thioether (sulfide) groups is 6. The van der Waals surface area contributed by atoms with Crippen molar-refractivity contribution >= 4 is 76.5 Å². The van der Waals surface area contributed by atoms with Crippen molar-refractivity contribution in [2.24, 2.45) is 4.99 Å². The van der Waals surface area contributed by atoms with Gasteiger partial charge in [0.1, 0.15) is 6.61 Å². The van der Waals surface area contributed by atoms with Gasteiger partial charge in [-0.15, -0.1) is 23.5 Å². The minimum Gasteiger partial charge on any atom is -0.475 e. The highest BCUT2D eigenvalue weighted by molar-refractivity contribution is 8.43. The first-order chi connectivity index (χ1) is 9.79. The van der Waals surface area contributed by atoms with Gasteiger partial charge in [-0.05, 0) is 12.3 Å². The monoisotopic (exact) mass is 377 g/mol. The highest BCUT2D eigenvalue weighted by Gasteiger charge is 2.31. The second-order valence-corrected chi connectivity index (χ2v) is 11.6. The number of hydrogen-bond acceptors (Lipinski definition) is 8. The quantitative estimate of drug-likeness (QED) is 0.607. The van der Waals surface area contributed by atoms with Crippen LogP contribution < -0.4 is 0 Å². The van der Waals surface area contributed by atoms with E-state index in [9.17, 15) is 0 Å². The third kappa shape index (κ3) is 2.84. The topological polar surface area (TPSA) is 21.6 Å². The van der Waals surface area contributed by atoms with Crippen LogP contribution in [0, 0.1) is 0 Å². The van der Waals surface area contributed by atoms with Crippen molar-refractivity contribution < 1.29 is 4.74 Å². The summed E-state index contributed by atoms with van der Waals surface area (Å²) in [6, 6.07) is 0.296. The molecule has 106 valence electrons. The van der Waals surface area contributed by atoms with E-state index >= 15 is 0 Å². The highest BCUT2D eigenvalue weighted by Crippen LogP contribution is 2.63. The fraction of sp³-hybridized carbons (Fsp3) is 0.417. The van der Waals surface area contributed by atoms with E-state index in [4.69, 9.17) is 4.74 Å². The van der Waals surface area contributed by atoms with E-state index in [0.717, 1.165) is 12.5 Å². The molecule has 0 radical (unpaired) electrons. The van der Waals surface area contributed by atoms with Crippen molar-refractivity contribution in [3.05, 3.63) is 27.3 Å². The van der Waals surface area contributed by atoms with E-state index in [1.807, 2.05) is 70.6 Å². The Kier molecular flexibility index (Phi) is 4.40. The third-order valence-electron chi connectivity index (χ3n) is 2.74. The van der Waals surface area contributed by atoms with E-state index in [2.05, 4.69) is 17.3 Å². The molecule has 0 N–H and O–H groups in total. The highest BCUT2D eigenvalue weighted by atomic mass is 32.3. The van der Waals surface area contributed by atoms with Crippen LogP contribution in [0.4, 0.5) is 0 Å². The minimum absolute atomic E-state index is 0.296. The summed E-state index contributed by atoms with van der Waals surface area (Å²) in [5.41, 5.74) is 0. The largest absolute Gasteiger partial charge is 0.475 e. The molecule has 8 heteroatoms. The van der Waals surface area contributed by atoms with Crippen molar-refractivity contribution in [1.29, 1.82) is 0 Å². The van der Waals surface area contributed by atoms with Crippen LogP contribution in [0.1, 0.15) is 6.92 Å². The summed E-state index contributed by atoms with van der Waals surface area (Å²) in [6.07, 6.45) is 0. The average molecular weight is 378 g/mol. The second kappa shape index (κ2) is 6.12. The summed E-state index contributed by atoms with van der Waals surface area (Å²) < 4.78 is 11.5. The van der Waals surface area contributed by atoms with Crippen LogP contribution in [0.25, 0.3) is 0 Å². The van der Waals surface area contributed by atoms with Gasteiger partial charge in [-0.1, -0.05) is 47.0 Å². The van der Waals surface area contributed by atoms with Crippen molar-refractivity contribution in [3.8, 4) is 0 Å². The first-order valence-electron chi connectivity index (χ1n) is 6.15. The fourth-order valence-corrected chi connectivity index (χ4v) is 10.3. The predicted octanol–water partition coefficient (Wildman–Crippen LogP) is 5.34. The summed E-state index contributed by atoms with van der Waals surface area (Å²) in [4.78, 5) is 5.72. The van der Waals surface area contributed by atoms with Crippen LogP contribution in [-0.2, 0) is 4.74 Å². The van der Waals surface area contributed by atoms with Crippen molar-refractivity contribution in [1.82, 2.24) is 0 Å². The van der Waals surface area contributed by atoms with Gasteiger partial charge in [-0.25, -0.2) is 4.99 Å². The number of hydrogen-bond donors (Lipinski definition) is 0. The molecule has 4 aliphatic rings. The minimum atomic E-state index is 0.296. The Labute approximate surface area is 143 Å². The number of nitrogens with zero attached hydrogens (tertiary/aromatic N) is 1. The molecular formula is C12H11NOS6. The van der Waals surface area contributed by atoms with Gasteiger partial charge in [0.05, 0.1) is 27.9 Å². The molecule has 20 heavy (non-hydrogen) atoms. The zero-order valence-corrected chi connectivity index (χ0v) is 15.5. The standard InChI is InChI=1S/C12H11NOS6/c1-6-4-14-8(13-6)7-5-17-11(18-7)12-19-9-10(20-12)16-3-2-15-9/h5-6H,2-4H2,1H3/t6-/m1/s1. The Bertz CT molecular complexity index is 558. The van der Waals surface area contributed by atoms with Gasteiger partial charge in [0.2, 0.25) is 5.90 Å². The lowest BCUT2D eigenvalue weighted by Crippen LogP contribution is -2.00. The molecule has 0 aliphatic carbocycles. The summed E-state index contributed by atoms with van der Waals surface area (Å²) >= 11 is 11.5. The predicted molar refractivity (Wildman–Crippen MR) is 100 cm³/mol. The molecule has 0 saturated heterocycles. The van der Waals surface area contributed by atoms with Gasteiger partial charge in [0.25, 0.3) is 0 Å². The Morgan fingerprint density at radius 2 is 1.80 bits per heavy atom. The van der Waals surface area contributed by atoms with Crippen LogP contribution in [0.5, 0.6) is 0 Å². The zero-order valence-electron chi connectivity index (χ0n) is 10.6. The molecule has 0 aromatic carbocycles. The molecule has 4 heterocycles. The van der Waals surface area contributed by atoms with E-state index in [1.165, 1.54) is 33.4 Å².